The first kappa shape index (κ1) is 20.7. The molecule has 4 N–H and O–H groups in total. The van der Waals surface area contributed by atoms with Crippen molar-refractivity contribution >= 4 is 52.1 Å². The molecule has 0 aliphatic carbocycles. The quantitative estimate of drug-likeness (QED) is 0.393. The molecule has 29 heavy (non-hydrogen) atoms. The summed E-state index contributed by atoms with van der Waals surface area (Å²) in [4.78, 5) is 28.8. The number of aliphatic hydroxyl groups excluding tert-OH is 1. The number of aliphatic imine (C=N–C) groups is 1. The van der Waals surface area contributed by atoms with Gasteiger partial charge in [-0.05, 0) is 55.0 Å². The number of carbonyl (C=O) groups is 2. The zero-order valence-electron chi connectivity index (χ0n) is 15.2. The van der Waals surface area contributed by atoms with Gasteiger partial charge >= 0.3 is 0 Å². The van der Waals surface area contributed by atoms with Crippen molar-refractivity contribution in [2.24, 2.45) is 4.99 Å². The average Bonchev–Trinajstić information content (AvgIpc) is 3.04. The number of carbonyl (C=O) groups excluding carboxylic acids is 2. The first-order valence-corrected chi connectivity index (χ1v) is 9.52. The Labute approximate surface area is 177 Å². The second kappa shape index (κ2) is 9.45. The molecule has 1 aliphatic heterocycles. The van der Waals surface area contributed by atoms with E-state index in [1.807, 2.05) is 0 Å². The lowest BCUT2D eigenvalue weighted by Crippen LogP contribution is -2.30. The molecule has 7 nitrogen and oxygen atoms in total. The zero-order valence-corrected chi connectivity index (χ0v) is 16.7. The third kappa shape index (κ3) is 5.73. The Morgan fingerprint density at radius 2 is 1.66 bits per heavy atom. The summed E-state index contributed by atoms with van der Waals surface area (Å²) in [5, 5.41) is 13.8. The lowest BCUT2D eigenvalue weighted by atomic mass is 10.0. The number of hydrogen-bond acceptors (Lipinski definition) is 5. The van der Waals surface area contributed by atoms with Crippen molar-refractivity contribution in [3.8, 4) is 0 Å². The van der Waals surface area contributed by atoms with Crippen LogP contribution >= 0.6 is 23.2 Å². The molecule has 0 fully saturated rings. The number of nitrogens with one attached hydrogen (secondary N) is 3. The highest BCUT2D eigenvalue weighted by molar-refractivity contribution is 6.31. The highest BCUT2D eigenvalue weighted by Crippen LogP contribution is 2.21. The number of nitrogens with zero attached hydrogens (tertiary/aromatic N) is 1. The van der Waals surface area contributed by atoms with Crippen molar-refractivity contribution in [1.29, 1.82) is 0 Å². The number of halogens is 2. The van der Waals surface area contributed by atoms with Crippen LogP contribution < -0.4 is 16.2 Å². The smallest absolute Gasteiger partial charge is 0.257 e. The monoisotopic (exact) mass is 432 g/mol. The van der Waals surface area contributed by atoms with Crippen molar-refractivity contribution in [1.82, 2.24) is 10.7 Å². The fraction of sp³-hybridized carbons (Fsp3) is 0.150. The van der Waals surface area contributed by atoms with E-state index in [2.05, 4.69) is 21.2 Å². The lowest BCUT2D eigenvalue weighted by molar-refractivity contribution is -0.120. The molecule has 9 heteroatoms. The van der Waals surface area contributed by atoms with Gasteiger partial charge < -0.3 is 10.4 Å². The van der Waals surface area contributed by atoms with E-state index in [4.69, 9.17) is 23.2 Å². The van der Waals surface area contributed by atoms with E-state index in [1.54, 1.807) is 48.5 Å². The van der Waals surface area contributed by atoms with E-state index < -0.39 is 5.91 Å². The van der Waals surface area contributed by atoms with Crippen LogP contribution in [0.3, 0.4) is 0 Å². The van der Waals surface area contributed by atoms with Crippen LogP contribution in [0, 0.1) is 0 Å². The molecule has 0 bridgehead atoms. The molecule has 2 aromatic carbocycles. The van der Waals surface area contributed by atoms with Gasteiger partial charge in [-0.2, -0.15) is 0 Å². The molecule has 0 saturated heterocycles. The summed E-state index contributed by atoms with van der Waals surface area (Å²) in [6, 6.07) is 13.6. The van der Waals surface area contributed by atoms with E-state index >= 15 is 0 Å². The summed E-state index contributed by atoms with van der Waals surface area (Å²) in [6.07, 6.45) is 0.209. The second-order valence-corrected chi connectivity index (χ2v) is 7.09. The van der Waals surface area contributed by atoms with Crippen LogP contribution in [-0.4, -0.2) is 29.2 Å². The van der Waals surface area contributed by atoms with E-state index in [1.165, 1.54) is 0 Å². The van der Waals surface area contributed by atoms with Crippen molar-refractivity contribution < 1.29 is 14.7 Å². The number of hydrogen-bond donors (Lipinski definition) is 4. The second-order valence-electron chi connectivity index (χ2n) is 6.22. The van der Waals surface area contributed by atoms with E-state index in [-0.39, 0.29) is 36.6 Å². The predicted molar refractivity (Wildman–Crippen MR) is 114 cm³/mol. The van der Waals surface area contributed by atoms with Gasteiger partial charge in [0.15, 0.2) is 0 Å². The van der Waals surface area contributed by atoms with Gasteiger partial charge in [-0.25, -0.2) is 0 Å². The van der Waals surface area contributed by atoms with Crippen molar-refractivity contribution in [2.45, 2.75) is 12.8 Å². The lowest BCUT2D eigenvalue weighted by Gasteiger charge is -2.10. The van der Waals surface area contributed by atoms with Gasteiger partial charge in [0.05, 0.1) is 23.6 Å². The van der Waals surface area contributed by atoms with Crippen LogP contribution in [-0.2, 0) is 9.59 Å². The minimum Gasteiger partial charge on any atom is -0.510 e. The SMILES string of the molecule is O=C(CCC(=Nc1ccc(Cl)cc1)C1=C(O)CNC1=O)NNc1ccc(Cl)cc1. The first-order chi connectivity index (χ1) is 13.9. The van der Waals surface area contributed by atoms with Crippen LogP contribution in [0.2, 0.25) is 10.0 Å². The fourth-order valence-corrected chi connectivity index (χ4v) is 2.90. The maximum Gasteiger partial charge on any atom is 0.257 e. The summed E-state index contributed by atoms with van der Waals surface area (Å²) in [5.41, 5.74) is 7.01. The summed E-state index contributed by atoms with van der Waals surface area (Å²) in [6.45, 7) is 0.0398. The Bertz CT molecular complexity index is 970. The van der Waals surface area contributed by atoms with Gasteiger partial charge in [-0.15, -0.1) is 0 Å². The van der Waals surface area contributed by atoms with E-state index in [0.717, 1.165) is 0 Å². The maximum atomic E-state index is 12.2. The molecule has 2 aromatic rings. The molecule has 0 unspecified atom stereocenters. The molecule has 0 saturated carbocycles. The molecule has 150 valence electrons. The molecule has 0 aromatic heterocycles. The standard InChI is InChI=1S/C20H18Cl2N4O3/c21-12-1-5-14(6-2-12)24-16(19-17(27)11-23-20(19)29)9-10-18(28)26-25-15-7-3-13(22)4-8-15/h1-8,25,27H,9-11H2,(H,23,29)(H,26,28). The fourth-order valence-electron chi connectivity index (χ4n) is 2.65. The maximum absolute atomic E-state index is 12.2. The molecule has 1 heterocycles. The number of benzene rings is 2. The number of rotatable bonds is 7. The van der Waals surface area contributed by atoms with Gasteiger partial charge in [-0.1, -0.05) is 23.2 Å². The van der Waals surface area contributed by atoms with Crippen LogP contribution in [0.25, 0.3) is 0 Å². The zero-order chi connectivity index (χ0) is 20.8. The topological polar surface area (TPSA) is 103 Å². The predicted octanol–water partition coefficient (Wildman–Crippen LogP) is 3.93. The molecule has 3 rings (SSSR count). The summed E-state index contributed by atoms with van der Waals surface area (Å²) < 4.78 is 0. The van der Waals surface area contributed by atoms with Crippen molar-refractivity contribution in [3.05, 3.63) is 69.9 Å². The summed E-state index contributed by atoms with van der Waals surface area (Å²) >= 11 is 11.7. The van der Waals surface area contributed by atoms with Crippen molar-refractivity contribution in [3.63, 3.8) is 0 Å². The third-order valence-electron chi connectivity index (χ3n) is 4.09. The molecule has 2 amide bonds. The van der Waals surface area contributed by atoms with Gasteiger partial charge in [0.1, 0.15) is 11.3 Å². The number of amides is 2. The van der Waals surface area contributed by atoms with Crippen molar-refractivity contribution in [2.75, 3.05) is 12.0 Å². The Balaban J connectivity index is 1.69. The Hall–Kier alpha value is -3.03. The minimum absolute atomic E-state index is 0.0398. The Morgan fingerprint density at radius 1 is 1.03 bits per heavy atom. The van der Waals surface area contributed by atoms with Crippen LogP contribution in [0.5, 0.6) is 0 Å². The normalized spacial score (nSPS) is 14.0. The third-order valence-corrected chi connectivity index (χ3v) is 4.59. The first-order valence-electron chi connectivity index (χ1n) is 8.76. The van der Waals surface area contributed by atoms with Gasteiger partial charge in [0, 0.05) is 16.5 Å². The summed E-state index contributed by atoms with van der Waals surface area (Å²) in [5.74, 6) is -0.820. The summed E-state index contributed by atoms with van der Waals surface area (Å²) in [7, 11) is 0. The molecular formula is C20H18Cl2N4O3. The highest BCUT2D eigenvalue weighted by Gasteiger charge is 2.27. The van der Waals surface area contributed by atoms with Gasteiger partial charge in [0.2, 0.25) is 5.91 Å². The van der Waals surface area contributed by atoms with E-state index in [9.17, 15) is 14.7 Å². The average molecular weight is 433 g/mol. The Morgan fingerprint density at radius 3 is 2.24 bits per heavy atom. The van der Waals surface area contributed by atoms with Crippen LogP contribution in [0.15, 0.2) is 64.9 Å². The van der Waals surface area contributed by atoms with Gasteiger partial charge in [0.25, 0.3) is 5.91 Å². The number of anilines is 1. The molecule has 0 atom stereocenters. The van der Waals surface area contributed by atoms with E-state index in [0.29, 0.717) is 27.1 Å². The molecule has 0 radical (unpaired) electrons. The Kier molecular flexibility index (Phi) is 6.74. The van der Waals surface area contributed by atoms with Crippen LogP contribution in [0.4, 0.5) is 11.4 Å². The minimum atomic E-state index is -0.421. The van der Waals surface area contributed by atoms with Gasteiger partial charge in [-0.3, -0.25) is 25.4 Å². The number of aliphatic hydroxyl groups is 1. The highest BCUT2D eigenvalue weighted by atomic mass is 35.5. The molecular weight excluding hydrogens is 415 g/mol. The molecule has 0 spiro atoms. The van der Waals surface area contributed by atoms with Crippen LogP contribution in [0.1, 0.15) is 12.8 Å². The largest absolute Gasteiger partial charge is 0.510 e. The molecule has 1 aliphatic rings. The number of hydrazine groups is 1.